The van der Waals surface area contributed by atoms with Crippen molar-refractivity contribution in [2.45, 2.75) is 6.92 Å². The Morgan fingerprint density at radius 3 is 2.94 bits per heavy atom. The van der Waals surface area contributed by atoms with E-state index in [2.05, 4.69) is 9.97 Å². The zero-order chi connectivity index (χ0) is 11.5. The number of rotatable bonds is 2. The van der Waals surface area contributed by atoms with Gasteiger partial charge in [0.2, 0.25) is 5.88 Å². The number of hydrogen-bond donors (Lipinski definition) is 1. The van der Waals surface area contributed by atoms with Gasteiger partial charge in [-0.15, -0.1) is 0 Å². The number of hydrogen-bond acceptors (Lipinski definition) is 4. The fraction of sp³-hybridized carbons (Fsp3) is 0.0909. The molecule has 0 atom stereocenters. The summed E-state index contributed by atoms with van der Waals surface area (Å²) in [5.74, 6) is 0.876. The average molecular weight is 236 g/mol. The van der Waals surface area contributed by atoms with Gasteiger partial charge in [0.15, 0.2) is 0 Å². The van der Waals surface area contributed by atoms with Crippen LogP contribution in [-0.4, -0.2) is 9.97 Å². The largest absolute Gasteiger partial charge is 0.435 e. The number of nitrogens with zero attached hydrogens (tertiary/aromatic N) is 2. The zero-order valence-corrected chi connectivity index (χ0v) is 9.40. The Hall–Kier alpha value is -1.81. The summed E-state index contributed by atoms with van der Waals surface area (Å²) in [4.78, 5) is 7.95. The third-order valence-corrected chi connectivity index (χ3v) is 2.27. The maximum absolute atomic E-state index is 5.83. The second-order valence-corrected chi connectivity index (χ2v) is 3.72. The number of aromatic nitrogens is 2. The van der Waals surface area contributed by atoms with Gasteiger partial charge in [-0.25, -0.2) is 4.98 Å². The first kappa shape index (κ1) is 10.7. The van der Waals surface area contributed by atoms with Crippen LogP contribution in [0.4, 0.5) is 5.69 Å². The maximum Gasteiger partial charge on any atom is 0.242 e. The highest BCUT2D eigenvalue weighted by molar-refractivity contribution is 6.30. The van der Waals surface area contributed by atoms with Crippen LogP contribution in [0.2, 0.25) is 5.02 Å². The van der Waals surface area contributed by atoms with Gasteiger partial charge in [0.25, 0.3) is 0 Å². The average Bonchev–Trinajstić information content (AvgIpc) is 2.25. The van der Waals surface area contributed by atoms with Gasteiger partial charge >= 0.3 is 0 Å². The fourth-order valence-corrected chi connectivity index (χ4v) is 1.35. The first-order chi connectivity index (χ1) is 7.66. The monoisotopic (exact) mass is 235 g/mol. The maximum atomic E-state index is 5.83. The lowest BCUT2D eigenvalue weighted by atomic mass is 10.2. The van der Waals surface area contributed by atoms with E-state index in [0.29, 0.717) is 22.3 Å². The Morgan fingerprint density at radius 1 is 1.38 bits per heavy atom. The summed E-state index contributed by atoms with van der Waals surface area (Å²) >= 11 is 5.79. The number of nitrogens with two attached hydrogens (primary N) is 1. The van der Waals surface area contributed by atoms with Gasteiger partial charge in [-0.05, 0) is 18.6 Å². The van der Waals surface area contributed by atoms with Crippen LogP contribution in [-0.2, 0) is 0 Å². The predicted octanol–water partition coefficient (Wildman–Crippen LogP) is 2.81. The molecule has 0 saturated heterocycles. The normalized spacial score (nSPS) is 10.1. The van der Waals surface area contributed by atoms with Crippen LogP contribution >= 0.6 is 11.6 Å². The molecule has 0 radical (unpaired) electrons. The number of anilines is 1. The zero-order valence-electron chi connectivity index (χ0n) is 8.64. The van der Waals surface area contributed by atoms with Crippen LogP contribution in [0.15, 0.2) is 30.7 Å². The van der Waals surface area contributed by atoms with E-state index in [1.807, 2.05) is 13.0 Å². The highest BCUT2D eigenvalue weighted by Gasteiger charge is 2.06. The Kier molecular flexibility index (Phi) is 2.92. The number of nitrogen functional groups attached to an aromatic ring is 1. The molecule has 82 valence electrons. The minimum atomic E-state index is 0.365. The molecule has 0 fully saturated rings. The van der Waals surface area contributed by atoms with Crippen molar-refractivity contribution in [3.05, 3.63) is 41.3 Å². The molecule has 0 bridgehead atoms. The Bertz CT molecular complexity index is 516. The standard InChI is InChI=1S/C11H10ClN3O/c1-7-2-3-15-11(10(7)13)16-9-4-8(12)5-14-6-9/h2-6H,13H2,1H3. The van der Waals surface area contributed by atoms with Gasteiger partial charge in [0, 0.05) is 18.5 Å². The minimum Gasteiger partial charge on any atom is -0.435 e. The van der Waals surface area contributed by atoms with E-state index < -0.39 is 0 Å². The third kappa shape index (κ3) is 2.23. The Balaban J connectivity index is 2.31. The first-order valence-corrected chi connectivity index (χ1v) is 5.04. The molecule has 2 heterocycles. The lowest BCUT2D eigenvalue weighted by Crippen LogP contribution is -1.97. The molecule has 0 aliphatic heterocycles. The summed E-state index contributed by atoms with van der Waals surface area (Å²) in [5, 5.41) is 0.503. The summed E-state index contributed by atoms with van der Waals surface area (Å²) in [7, 11) is 0. The SMILES string of the molecule is Cc1ccnc(Oc2cncc(Cl)c2)c1N. The van der Waals surface area contributed by atoms with E-state index in [1.54, 1.807) is 18.5 Å². The van der Waals surface area contributed by atoms with E-state index in [-0.39, 0.29) is 0 Å². The van der Waals surface area contributed by atoms with Gasteiger partial charge in [-0.2, -0.15) is 0 Å². The summed E-state index contributed by atoms with van der Waals surface area (Å²) < 4.78 is 5.49. The molecular weight excluding hydrogens is 226 g/mol. The number of aryl methyl sites for hydroxylation is 1. The quantitative estimate of drug-likeness (QED) is 0.870. The third-order valence-electron chi connectivity index (χ3n) is 2.07. The molecule has 0 saturated carbocycles. The van der Waals surface area contributed by atoms with Crippen molar-refractivity contribution >= 4 is 17.3 Å². The molecule has 2 aromatic heterocycles. The van der Waals surface area contributed by atoms with E-state index in [0.717, 1.165) is 5.56 Å². The van der Waals surface area contributed by atoms with Gasteiger partial charge in [0.05, 0.1) is 16.9 Å². The van der Waals surface area contributed by atoms with Gasteiger partial charge in [-0.1, -0.05) is 11.6 Å². The van der Waals surface area contributed by atoms with Crippen molar-refractivity contribution in [2.75, 3.05) is 5.73 Å². The van der Waals surface area contributed by atoms with Gasteiger partial charge in [0.1, 0.15) is 5.75 Å². The van der Waals surface area contributed by atoms with Crippen LogP contribution < -0.4 is 10.5 Å². The Morgan fingerprint density at radius 2 is 2.19 bits per heavy atom. The topological polar surface area (TPSA) is 61.0 Å². The lowest BCUT2D eigenvalue weighted by Gasteiger charge is -2.08. The highest BCUT2D eigenvalue weighted by Crippen LogP contribution is 2.27. The predicted molar refractivity (Wildman–Crippen MR) is 62.7 cm³/mol. The molecule has 0 aliphatic rings. The van der Waals surface area contributed by atoms with E-state index in [4.69, 9.17) is 22.1 Å². The number of pyridine rings is 2. The summed E-state index contributed by atoms with van der Waals surface area (Å²) in [6.45, 7) is 1.89. The van der Waals surface area contributed by atoms with Gasteiger partial charge < -0.3 is 10.5 Å². The van der Waals surface area contributed by atoms with Crippen molar-refractivity contribution in [3.63, 3.8) is 0 Å². The van der Waals surface area contributed by atoms with E-state index >= 15 is 0 Å². The first-order valence-electron chi connectivity index (χ1n) is 4.66. The molecule has 0 spiro atoms. The van der Waals surface area contributed by atoms with E-state index in [1.165, 1.54) is 6.20 Å². The molecule has 4 nitrogen and oxygen atoms in total. The van der Waals surface area contributed by atoms with Crippen LogP contribution in [0, 0.1) is 6.92 Å². The second-order valence-electron chi connectivity index (χ2n) is 3.29. The van der Waals surface area contributed by atoms with Crippen molar-refractivity contribution in [1.82, 2.24) is 9.97 Å². The molecule has 0 unspecified atom stereocenters. The number of halogens is 1. The number of ether oxygens (including phenoxy) is 1. The highest BCUT2D eigenvalue weighted by atomic mass is 35.5. The van der Waals surface area contributed by atoms with Crippen molar-refractivity contribution in [1.29, 1.82) is 0 Å². The molecular formula is C11H10ClN3O. The molecule has 2 aromatic rings. The second kappa shape index (κ2) is 4.37. The van der Waals surface area contributed by atoms with Crippen molar-refractivity contribution in [3.8, 4) is 11.6 Å². The minimum absolute atomic E-state index is 0.365. The van der Waals surface area contributed by atoms with Crippen LogP contribution in [0.3, 0.4) is 0 Å². The van der Waals surface area contributed by atoms with Crippen molar-refractivity contribution < 1.29 is 4.74 Å². The van der Waals surface area contributed by atoms with E-state index in [9.17, 15) is 0 Å². The lowest BCUT2D eigenvalue weighted by molar-refractivity contribution is 0.463. The summed E-state index contributed by atoms with van der Waals surface area (Å²) in [6.07, 6.45) is 4.72. The van der Waals surface area contributed by atoms with Gasteiger partial charge in [-0.3, -0.25) is 4.98 Å². The Labute approximate surface area is 98.0 Å². The molecule has 2 rings (SSSR count). The molecule has 16 heavy (non-hydrogen) atoms. The molecule has 0 aromatic carbocycles. The van der Waals surface area contributed by atoms with Crippen LogP contribution in [0.25, 0.3) is 0 Å². The molecule has 2 N–H and O–H groups in total. The summed E-state index contributed by atoms with van der Waals surface area (Å²) in [6, 6.07) is 3.47. The molecule has 0 amide bonds. The summed E-state index contributed by atoms with van der Waals surface area (Å²) in [5.41, 5.74) is 7.26. The fourth-order valence-electron chi connectivity index (χ4n) is 1.19. The van der Waals surface area contributed by atoms with Crippen LogP contribution in [0.5, 0.6) is 11.6 Å². The van der Waals surface area contributed by atoms with Crippen molar-refractivity contribution in [2.24, 2.45) is 0 Å². The molecule has 5 heteroatoms. The smallest absolute Gasteiger partial charge is 0.242 e. The van der Waals surface area contributed by atoms with Crippen LogP contribution in [0.1, 0.15) is 5.56 Å². The molecule has 0 aliphatic carbocycles.